The van der Waals surface area contributed by atoms with Gasteiger partial charge in [0.1, 0.15) is 5.76 Å². The van der Waals surface area contributed by atoms with Gasteiger partial charge in [0.25, 0.3) is 0 Å². The van der Waals surface area contributed by atoms with Crippen LogP contribution in [0.5, 0.6) is 0 Å². The van der Waals surface area contributed by atoms with Gasteiger partial charge in [0.05, 0.1) is 0 Å². The summed E-state index contributed by atoms with van der Waals surface area (Å²) in [6.45, 7) is 3.86. The molecule has 0 aromatic rings. The van der Waals surface area contributed by atoms with E-state index in [1.807, 2.05) is 13.8 Å². The minimum atomic E-state index is 0.146. The number of hydrogen-bond acceptors (Lipinski definition) is 2. The molecule has 2 nitrogen and oxygen atoms in total. The van der Waals surface area contributed by atoms with E-state index in [1.54, 1.807) is 0 Å². The molecule has 0 saturated carbocycles. The van der Waals surface area contributed by atoms with Gasteiger partial charge in [-0.1, -0.05) is 13.8 Å². The SMILES string of the molecule is CC(C)C1=C(O)CPC1=O. The minimum absolute atomic E-state index is 0.146. The highest BCUT2D eigenvalue weighted by Gasteiger charge is 2.24. The molecule has 1 heterocycles. The molecule has 0 aromatic carbocycles. The van der Waals surface area contributed by atoms with Gasteiger partial charge < -0.3 is 5.11 Å². The smallest absolute Gasteiger partial charge is 0.181 e. The van der Waals surface area contributed by atoms with E-state index in [0.29, 0.717) is 17.5 Å². The summed E-state index contributed by atoms with van der Waals surface area (Å²) in [4.78, 5) is 11.0. The molecule has 0 saturated heterocycles. The fourth-order valence-electron chi connectivity index (χ4n) is 1.08. The van der Waals surface area contributed by atoms with Gasteiger partial charge in [0.2, 0.25) is 0 Å². The molecule has 1 N–H and O–H groups in total. The van der Waals surface area contributed by atoms with E-state index in [9.17, 15) is 9.90 Å². The summed E-state index contributed by atoms with van der Waals surface area (Å²) in [5.74, 6) is 0.501. The van der Waals surface area contributed by atoms with Crippen molar-refractivity contribution in [1.82, 2.24) is 0 Å². The fourth-order valence-corrected chi connectivity index (χ4v) is 2.22. The zero-order chi connectivity index (χ0) is 7.72. The van der Waals surface area contributed by atoms with Crippen molar-refractivity contribution < 1.29 is 9.90 Å². The highest BCUT2D eigenvalue weighted by Crippen LogP contribution is 2.33. The maximum absolute atomic E-state index is 11.0. The van der Waals surface area contributed by atoms with Gasteiger partial charge in [-0.25, -0.2) is 0 Å². The summed E-state index contributed by atoms with van der Waals surface area (Å²) in [5, 5.41) is 9.20. The first-order valence-corrected chi connectivity index (χ1v) is 4.54. The van der Waals surface area contributed by atoms with Gasteiger partial charge in [-0.2, -0.15) is 0 Å². The Morgan fingerprint density at radius 3 is 2.40 bits per heavy atom. The van der Waals surface area contributed by atoms with Crippen LogP contribution in [0.2, 0.25) is 0 Å². The molecule has 0 amide bonds. The molecule has 0 radical (unpaired) electrons. The Morgan fingerprint density at radius 1 is 1.60 bits per heavy atom. The van der Waals surface area contributed by atoms with Crippen molar-refractivity contribution in [3.63, 3.8) is 0 Å². The van der Waals surface area contributed by atoms with Crippen molar-refractivity contribution in [2.24, 2.45) is 5.92 Å². The molecule has 0 aliphatic carbocycles. The Hall–Kier alpha value is -0.360. The van der Waals surface area contributed by atoms with Crippen molar-refractivity contribution in [2.45, 2.75) is 13.8 Å². The van der Waals surface area contributed by atoms with Crippen LogP contribution in [0.25, 0.3) is 0 Å². The zero-order valence-electron chi connectivity index (χ0n) is 6.14. The number of rotatable bonds is 1. The third kappa shape index (κ3) is 1.22. The largest absolute Gasteiger partial charge is 0.511 e. The second-order valence-electron chi connectivity index (χ2n) is 2.70. The van der Waals surface area contributed by atoms with Crippen LogP contribution < -0.4 is 0 Å². The standard InChI is InChI=1S/C7H11O2P/c1-4(2)6-5(8)3-10-7(6)9/h4,8,10H,3H2,1-2H3. The highest BCUT2D eigenvalue weighted by atomic mass is 31.1. The average molecular weight is 158 g/mol. The van der Waals surface area contributed by atoms with Crippen LogP contribution in [0.15, 0.2) is 11.3 Å². The molecule has 56 valence electrons. The highest BCUT2D eigenvalue weighted by molar-refractivity contribution is 7.59. The normalized spacial score (nSPS) is 21.7. The van der Waals surface area contributed by atoms with Gasteiger partial charge in [-0.05, 0) is 14.5 Å². The summed E-state index contributed by atoms with van der Waals surface area (Å²) in [6.07, 6.45) is 0.576. The van der Waals surface area contributed by atoms with Gasteiger partial charge in [-0.15, -0.1) is 0 Å². The van der Waals surface area contributed by atoms with E-state index in [1.165, 1.54) is 0 Å². The van der Waals surface area contributed by atoms with Crippen molar-refractivity contribution >= 4 is 14.1 Å². The first kappa shape index (κ1) is 7.74. The predicted octanol–water partition coefficient (Wildman–Crippen LogP) is 1.67. The van der Waals surface area contributed by atoms with Gasteiger partial charge in [0, 0.05) is 11.7 Å². The van der Waals surface area contributed by atoms with Crippen LogP contribution in [-0.2, 0) is 4.79 Å². The molecule has 1 rings (SSSR count). The van der Waals surface area contributed by atoms with E-state index in [-0.39, 0.29) is 20.0 Å². The molecule has 1 unspecified atom stereocenters. The fraction of sp³-hybridized carbons (Fsp3) is 0.571. The summed E-state index contributed by atoms with van der Waals surface area (Å²) in [6, 6.07) is 0. The lowest BCUT2D eigenvalue weighted by atomic mass is 10.0. The number of aliphatic hydroxyl groups is 1. The first-order chi connectivity index (χ1) is 4.63. The van der Waals surface area contributed by atoms with Crippen LogP contribution in [0, 0.1) is 5.92 Å². The molecule has 0 spiro atoms. The molecule has 1 atom stereocenters. The monoisotopic (exact) mass is 158 g/mol. The minimum Gasteiger partial charge on any atom is -0.511 e. The van der Waals surface area contributed by atoms with Crippen molar-refractivity contribution in [1.29, 1.82) is 0 Å². The maximum Gasteiger partial charge on any atom is 0.181 e. The third-order valence-corrected chi connectivity index (χ3v) is 2.65. The quantitative estimate of drug-likeness (QED) is 0.589. The van der Waals surface area contributed by atoms with Crippen LogP contribution in [0.3, 0.4) is 0 Å². The molecule has 1 aliphatic heterocycles. The Morgan fingerprint density at radius 2 is 2.20 bits per heavy atom. The van der Waals surface area contributed by atoms with Crippen LogP contribution >= 0.6 is 8.58 Å². The van der Waals surface area contributed by atoms with Crippen molar-refractivity contribution in [3.8, 4) is 0 Å². The molecule has 1 aliphatic rings. The average Bonchev–Trinajstić information content (AvgIpc) is 2.11. The zero-order valence-corrected chi connectivity index (χ0v) is 7.14. The van der Waals surface area contributed by atoms with E-state index in [2.05, 4.69) is 0 Å². The first-order valence-electron chi connectivity index (χ1n) is 3.33. The predicted molar refractivity (Wildman–Crippen MR) is 42.7 cm³/mol. The molecular formula is C7H11O2P. The Balaban J connectivity index is 2.88. The molecule has 3 heteroatoms. The van der Waals surface area contributed by atoms with E-state index < -0.39 is 0 Å². The van der Waals surface area contributed by atoms with Crippen LogP contribution in [-0.4, -0.2) is 16.8 Å². The summed E-state index contributed by atoms with van der Waals surface area (Å²) < 4.78 is 0. The second kappa shape index (κ2) is 2.71. The molecule has 0 aromatic heterocycles. The Labute approximate surface area is 62.1 Å². The number of hydrogen-bond donors (Lipinski definition) is 1. The number of carbonyl (C=O) groups excluding carboxylic acids is 1. The number of aliphatic hydroxyl groups excluding tert-OH is 1. The lowest BCUT2D eigenvalue weighted by molar-refractivity contribution is -0.108. The van der Waals surface area contributed by atoms with Crippen LogP contribution in [0.4, 0.5) is 0 Å². The molecule has 0 bridgehead atoms. The lowest BCUT2D eigenvalue weighted by Crippen LogP contribution is -2.01. The number of carbonyl (C=O) groups is 1. The molecule has 10 heavy (non-hydrogen) atoms. The number of allylic oxidation sites excluding steroid dienone is 2. The Kier molecular flexibility index (Phi) is 2.10. The van der Waals surface area contributed by atoms with E-state index in [4.69, 9.17) is 0 Å². The van der Waals surface area contributed by atoms with Crippen molar-refractivity contribution in [2.75, 3.05) is 6.16 Å². The topological polar surface area (TPSA) is 37.3 Å². The summed E-state index contributed by atoms with van der Waals surface area (Å²) >= 11 is 0. The van der Waals surface area contributed by atoms with E-state index in [0.717, 1.165) is 0 Å². The lowest BCUT2D eigenvalue weighted by Gasteiger charge is -2.03. The van der Waals surface area contributed by atoms with Crippen molar-refractivity contribution in [3.05, 3.63) is 11.3 Å². The van der Waals surface area contributed by atoms with E-state index >= 15 is 0 Å². The Bertz CT molecular complexity index is 194. The van der Waals surface area contributed by atoms with Gasteiger partial charge in [-0.3, -0.25) is 4.79 Å². The van der Waals surface area contributed by atoms with Crippen LogP contribution in [0.1, 0.15) is 13.8 Å². The summed E-state index contributed by atoms with van der Waals surface area (Å²) in [5.41, 5.74) is 0.797. The third-order valence-electron chi connectivity index (χ3n) is 1.55. The molecular weight excluding hydrogens is 147 g/mol. The second-order valence-corrected chi connectivity index (χ2v) is 3.86. The molecule has 0 fully saturated rings. The maximum atomic E-state index is 11.0. The summed E-state index contributed by atoms with van der Waals surface area (Å²) in [7, 11) is 0.273. The van der Waals surface area contributed by atoms with Gasteiger partial charge in [0.15, 0.2) is 5.52 Å². The van der Waals surface area contributed by atoms with Gasteiger partial charge >= 0.3 is 0 Å².